The lowest BCUT2D eigenvalue weighted by Crippen LogP contribution is -2.03. The van der Waals surface area contributed by atoms with Gasteiger partial charge in [-0.05, 0) is 17.7 Å². The highest BCUT2D eigenvalue weighted by Gasteiger charge is 2.10. The Bertz CT molecular complexity index is 407. The van der Waals surface area contributed by atoms with Crippen molar-refractivity contribution in [1.29, 1.82) is 0 Å². The van der Waals surface area contributed by atoms with Crippen LogP contribution in [0.4, 0.5) is 8.78 Å². The van der Waals surface area contributed by atoms with Crippen LogP contribution in [-0.4, -0.2) is 13.2 Å². The number of nitrogens with zero attached hydrogens (tertiary/aromatic N) is 3. The van der Waals surface area contributed by atoms with E-state index in [0.29, 0.717) is 4.47 Å². The van der Waals surface area contributed by atoms with Gasteiger partial charge in [0.05, 0.1) is 13.2 Å². The Balaban J connectivity index is 2.72. The maximum atomic E-state index is 13.1. The van der Waals surface area contributed by atoms with Crippen molar-refractivity contribution in [2.45, 2.75) is 0 Å². The van der Waals surface area contributed by atoms with Crippen molar-refractivity contribution in [2.75, 3.05) is 13.2 Å². The maximum absolute atomic E-state index is 13.1. The van der Waals surface area contributed by atoms with Gasteiger partial charge in [-0.1, -0.05) is 21.0 Å². The Hall–Kier alpha value is -1.33. The highest BCUT2D eigenvalue weighted by molar-refractivity contribution is 9.10. The molecule has 0 N–H and O–H groups in total. The van der Waals surface area contributed by atoms with Gasteiger partial charge >= 0.3 is 0 Å². The lowest BCUT2D eigenvalue weighted by atomic mass is 10.3. The first-order chi connectivity index (χ1) is 7.15. The lowest BCUT2D eigenvalue weighted by molar-refractivity contribution is 0.304. The van der Waals surface area contributed by atoms with E-state index in [-0.39, 0.29) is 18.9 Å². The fourth-order valence-electron chi connectivity index (χ4n) is 0.879. The third kappa shape index (κ3) is 3.38. The van der Waals surface area contributed by atoms with Crippen LogP contribution in [-0.2, 0) is 0 Å². The zero-order valence-electron chi connectivity index (χ0n) is 7.45. The zero-order chi connectivity index (χ0) is 11.3. The monoisotopic (exact) mass is 277 g/mol. The van der Waals surface area contributed by atoms with Gasteiger partial charge in [-0.3, -0.25) is 0 Å². The summed E-state index contributed by atoms with van der Waals surface area (Å²) < 4.78 is 31.2. The molecule has 1 rings (SSSR count). The van der Waals surface area contributed by atoms with Crippen molar-refractivity contribution >= 4 is 15.9 Å². The van der Waals surface area contributed by atoms with E-state index < -0.39 is 11.6 Å². The van der Waals surface area contributed by atoms with E-state index >= 15 is 0 Å². The molecule has 0 fully saturated rings. The molecule has 0 aliphatic carbocycles. The molecule has 0 aliphatic rings. The molecular weight excluding hydrogens is 272 g/mol. The van der Waals surface area contributed by atoms with E-state index in [0.717, 1.165) is 6.07 Å². The van der Waals surface area contributed by atoms with Gasteiger partial charge in [-0.15, -0.1) is 0 Å². The molecule has 1 aromatic carbocycles. The number of hydrogen-bond donors (Lipinski definition) is 0. The van der Waals surface area contributed by atoms with E-state index in [9.17, 15) is 8.78 Å². The van der Waals surface area contributed by atoms with Crippen molar-refractivity contribution in [1.82, 2.24) is 0 Å². The number of halogens is 3. The summed E-state index contributed by atoms with van der Waals surface area (Å²) in [6.45, 7) is 0.0565. The molecule has 0 aliphatic heterocycles. The van der Waals surface area contributed by atoms with Crippen LogP contribution < -0.4 is 4.74 Å². The molecule has 0 aromatic heterocycles. The predicted molar refractivity (Wildman–Crippen MR) is 53.6 cm³/mol. The van der Waals surface area contributed by atoms with Crippen molar-refractivity contribution in [2.24, 2.45) is 5.11 Å². The molecule has 0 atom stereocenters. The summed E-state index contributed by atoms with van der Waals surface area (Å²) in [6, 6.07) is 2.30. The normalized spacial score (nSPS) is 9.53. The molecular formula is C8H6BrF2N3O. The molecule has 1 aromatic rings. The highest BCUT2D eigenvalue weighted by atomic mass is 79.9. The third-order valence-corrected chi connectivity index (χ3v) is 1.93. The smallest absolute Gasteiger partial charge is 0.200 e. The fraction of sp³-hybridized carbons (Fsp3) is 0.250. The molecule has 4 nitrogen and oxygen atoms in total. The van der Waals surface area contributed by atoms with E-state index in [1.807, 2.05) is 0 Å². The molecule has 80 valence electrons. The maximum Gasteiger partial charge on any atom is 0.200 e. The zero-order valence-corrected chi connectivity index (χ0v) is 9.04. The number of ether oxygens (including phenoxy) is 1. The van der Waals surface area contributed by atoms with Crippen LogP contribution in [0, 0.1) is 11.6 Å². The highest BCUT2D eigenvalue weighted by Crippen LogP contribution is 2.25. The first kappa shape index (κ1) is 11.7. The van der Waals surface area contributed by atoms with Gasteiger partial charge < -0.3 is 4.74 Å². The lowest BCUT2D eigenvalue weighted by Gasteiger charge is -2.06. The number of azide groups is 1. The van der Waals surface area contributed by atoms with Crippen LogP contribution in [0.1, 0.15) is 0 Å². The Morgan fingerprint density at radius 1 is 1.47 bits per heavy atom. The van der Waals surface area contributed by atoms with Gasteiger partial charge in [0.1, 0.15) is 0 Å². The van der Waals surface area contributed by atoms with Crippen LogP contribution in [0.5, 0.6) is 5.75 Å². The fourth-order valence-corrected chi connectivity index (χ4v) is 1.29. The molecule has 0 unspecified atom stereocenters. The van der Waals surface area contributed by atoms with E-state index in [2.05, 4.69) is 26.0 Å². The second-order valence-corrected chi connectivity index (χ2v) is 3.42. The number of hydrogen-bond acceptors (Lipinski definition) is 2. The summed E-state index contributed by atoms with van der Waals surface area (Å²) in [7, 11) is 0. The van der Waals surface area contributed by atoms with Crippen molar-refractivity contribution in [3.8, 4) is 5.75 Å². The van der Waals surface area contributed by atoms with Crippen molar-refractivity contribution in [3.05, 3.63) is 38.7 Å². The second-order valence-electron chi connectivity index (χ2n) is 2.50. The predicted octanol–water partition coefficient (Wildman–Crippen LogP) is 3.42. The van der Waals surface area contributed by atoms with E-state index in [1.165, 1.54) is 6.07 Å². The van der Waals surface area contributed by atoms with Gasteiger partial charge in [-0.25, -0.2) is 4.39 Å². The average molecular weight is 278 g/mol. The van der Waals surface area contributed by atoms with Crippen molar-refractivity contribution in [3.63, 3.8) is 0 Å². The Kier molecular flexibility index (Phi) is 4.33. The average Bonchev–Trinajstić information content (AvgIpc) is 2.19. The van der Waals surface area contributed by atoms with Gasteiger partial charge in [0.15, 0.2) is 11.6 Å². The van der Waals surface area contributed by atoms with Crippen LogP contribution in [0.3, 0.4) is 0 Å². The Morgan fingerprint density at radius 3 is 2.87 bits per heavy atom. The molecule has 0 saturated carbocycles. The summed E-state index contributed by atoms with van der Waals surface area (Å²) in [4.78, 5) is 2.49. The largest absolute Gasteiger partial charge is 0.490 e. The van der Waals surface area contributed by atoms with Crippen LogP contribution in [0.2, 0.25) is 0 Å². The summed E-state index contributed by atoms with van der Waals surface area (Å²) in [5.41, 5.74) is 7.97. The van der Waals surface area contributed by atoms with Crippen molar-refractivity contribution < 1.29 is 13.5 Å². The first-order valence-electron chi connectivity index (χ1n) is 3.93. The van der Waals surface area contributed by atoms with E-state index in [1.54, 1.807) is 0 Å². The molecule has 7 heteroatoms. The standard InChI is InChI=1S/C8H6BrF2N3O/c9-5-3-6(10)8(11)7(4-5)15-2-1-13-14-12/h3-4H,1-2H2. The van der Waals surface area contributed by atoms with Crippen LogP contribution >= 0.6 is 15.9 Å². The molecule has 0 spiro atoms. The summed E-state index contributed by atoms with van der Waals surface area (Å²) in [5, 5.41) is 3.19. The quantitative estimate of drug-likeness (QED) is 0.274. The molecule has 0 amide bonds. The van der Waals surface area contributed by atoms with Gasteiger partial charge in [0.2, 0.25) is 5.82 Å². The minimum Gasteiger partial charge on any atom is -0.490 e. The van der Waals surface area contributed by atoms with Gasteiger partial charge in [0.25, 0.3) is 0 Å². The molecule has 0 saturated heterocycles. The molecule has 0 radical (unpaired) electrons. The Labute approximate surface area is 92.6 Å². The summed E-state index contributed by atoms with van der Waals surface area (Å²) >= 11 is 3.00. The van der Waals surface area contributed by atoms with Gasteiger partial charge in [0, 0.05) is 9.38 Å². The molecule has 15 heavy (non-hydrogen) atoms. The minimum atomic E-state index is -1.06. The van der Waals surface area contributed by atoms with E-state index in [4.69, 9.17) is 10.3 Å². The summed E-state index contributed by atoms with van der Waals surface area (Å²) in [5.74, 6) is -2.27. The first-order valence-corrected chi connectivity index (χ1v) is 4.72. The van der Waals surface area contributed by atoms with Gasteiger partial charge in [-0.2, -0.15) is 4.39 Å². The minimum absolute atomic E-state index is 0.00310. The third-order valence-electron chi connectivity index (χ3n) is 1.47. The number of benzene rings is 1. The second kappa shape index (κ2) is 5.53. The summed E-state index contributed by atoms with van der Waals surface area (Å²) in [6.07, 6.45) is 0. The topological polar surface area (TPSA) is 58.0 Å². The van der Waals surface area contributed by atoms with Crippen LogP contribution in [0.25, 0.3) is 10.4 Å². The number of rotatable bonds is 4. The Morgan fingerprint density at radius 2 is 2.20 bits per heavy atom. The SMILES string of the molecule is [N-]=[N+]=NCCOc1cc(Br)cc(F)c1F. The molecule has 0 bridgehead atoms. The van der Waals surface area contributed by atoms with Crippen LogP contribution in [0.15, 0.2) is 21.7 Å². The molecule has 0 heterocycles.